The fourth-order valence-electron chi connectivity index (χ4n) is 4.96. The maximum absolute atomic E-state index is 13.6. The van der Waals surface area contributed by atoms with Gasteiger partial charge in [0.05, 0.1) is 0 Å². The van der Waals surface area contributed by atoms with E-state index in [1.54, 1.807) is 0 Å². The van der Waals surface area contributed by atoms with Crippen LogP contribution in [-0.2, 0) is 4.79 Å². The lowest BCUT2D eigenvalue weighted by atomic mass is 9.78. The van der Waals surface area contributed by atoms with Crippen LogP contribution in [0.5, 0.6) is 11.5 Å². The molecule has 6 nitrogen and oxygen atoms in total. The zero-order chi connectivity index (χ0) is 23.1. The second kappa shape index (κ2) is 8.30. The van der Waals surface area contributed by atoms with E-state index in [1.165, 1.54) is 5.56 Å². The normalized spacial score (nSPS) is 19.3. The number of anilines is 1. The summed E-state index contributed by atoms with van der Waals surface area (Å²) in [5, 5.41) is 8.06. The molecule has 2 aliphatic rings. The fraction of sp³-hybridized carbons (Fsp3) is 0.179. The number of carbonyl (C=O) groups excluding carboxylic acids is 1. The molecule has 2 unspecified atom stereocenters. The van der Waals surface area contributed by atoms with Crippen molar-refractivity contribution < 1.29 is 9.53 Å². The molecular formula is C28H24N4O2. The quantitative estimate of drug-likeness (QED) is 0.428. The largest absolute Gasteiger partial charge is 0.457 e. The molecule has 1 aromatic heterocycles. The number of aryl methyl sites for hydroxylation is 1. The van der Waals surface area contributed by atoms with Crippen LogP contribution in [0.15, 0.2) is 96.2 Å². The van der Waals surface area contributed by atoms with Crippen LogP contribution in [0.25, 0.3) is 0 Å². The van der Waals surface area contributed by atoms with Crippen LogP contribution < -0.4 is 10.1 Å². The Kier molecular flexibility index (Phi) is 4.99. The predicted molar refractivity (Wildman–Crippen MR) is 130 cm³/mol. The Morgan fingerprint density at radius 3 is 2.38 bits per heavy atom. The highest BCUT2D eigenvalue weighted by Gasteiger charge is 2.39. The second-order valence-corrected chi connectivity index (χ2v) is 8.77. The van der Waals surface area contributed by atoms with E-state index in [4.69, 9.17) is 4.74 Å². The molecule has 0 spiro atoms. The van der Waals surface area contributed by atoms with Gasteiger partial charge in [-0.1, -0.05) is 60.7 Å². The van der Waals surface area contributed by atoms with Crippen molar-refractivity contribution in [2.75, 3.05) is 5.32 Å². The topological polar surface area (TPSA) is 69.0 Å². The molecule has 2 heterocycles. The smallest absolute Gasteiger partial charge is 0.226 e. The van der Waals surface area contributed by atoms with Crippen LogP contribution in [0.2, 0.25) is 0 Å². The minimum Gasteiger partial charge on any atom is -0.457 e. The molecule has 0 amide bonds. The van der Waals surface area contributed by atoms with Gasteiger partial charge in [-0.05, 0) is 54.7 Å². The van der Waals surface area contributed by atoms with Gasteiger partial charge in [0.25, 0.3) is 0 Å². The highest BCUT2D eigenvalue weighted by Crippen LogP contribution is 2.44. The third-order valence-electron chi connectivity index (χ3n) is 6.45. The number of nitrogens with zero attached hydrogens (tertiary/aromatic N) is 3. The first-order valence-electron chi connectivity index (χ1n) is 11.5. The number of ether oxygens (including phenoxy) is 1. The number of carbonyl (C=O) groups is 1. The van der Waals surface area contributed by atoms with Crippen molar-refractivity contribution in [3.63, 3.8) is 0 Å². The molecule has 1 aliphatic carbocycles. The van der Waals surface area contributed by atoms with Gasteiger partial charge in [0.15, 0.2) is 5.78 Å². The Morgan fingerprint density at radius 1 is 0.882 bits per heavy atom. The van der Waals surface area contributed by atoms with E-state index in [0.717, 1.165) is 29.0 Å². The highest BCUT2D eigenvalue weighted by atomic mass is 16.5. The average Bonchev–Trinajstić information content (AvgIpc) is 3.23. The first-order valence-corrected chi connectivity index (χ1v) is 11.5. The molecule has 1 aliphatic heterocycles. The van der Waals surface area contributed by atoms with Crippen molar-refractivity contribution in [3.8, 4) is 11.5 Å². The number of benzene rings is 3. The minimum absolute atomic E-state index is 0.140. The van der Waals surface area contributed by atoms with E-state index < -0.39 is 0 Å². The van der Waals surface area contributed by atoms with Gasteiger partial charge in [0, 0.05) is 17.7 Å². The number of nitrogens with one attached hydrogen (secondary N) is 1. The van der Waals surface area contributed by atoms with E-state index in [9.17, 15) is 4.79 Å². The summed E-state index contributed by atoms with van der Waals surface area (Å²) in [5.74, 6) is 3.09. The number of allylic oxidation sites excluding steroid dienone is 2. The Morgan fingerprint density at radius 2 is 1.59 bits per heavy atom. The second-order valence-electron chi connectivity index (χ2n) is 8.77. The van der Waals surface area contributed by atoms with Crippen molar-refractivity contribution in [1.29, 1.82) is 0 Å². The van der Waals surface area contributed by atoms with Crippen molar-refractivity contribution >= 4 is 11.7 Å². The third-order valence-corrected chi connectivity index (χ3v) is 6.45. The first kappa shape index (κ1) is 20.4. The van der Waals surface area contributed by atoms with Gasteiger partial charge in [-0.25, -0.2) is 4.68 Å². The van der Waals surface area contributed by atoms with Crippen LogP contribution in [0, 0.1) is 6.92 Å². The predicted octanol–water partition coefficient (Wildman–Crippen LogP) is 5.79. The van der Waals surface area contributed by atoms with Gasteiger partial charge >= 0.3 is 0 Å². The molecule has 0 radical (unpaired) electrons. The zero-order valence-corrected chi connectivity index (χ0v) is 18.8. The number of hydrogen-bond donors (Lipinski definition) is 1. The molecule has 3 aromatic carbocycles. The van der Waals surface area contributed by atoms with Crippen LogP contribution in [0.3, 0.4) is 0 Å². The van der Waals surface area contributed by atoms with E-state index >= 15 is 0 Å². The van der Waals surface area contributed by atoms with Gasteiger partial charge in [0.1, 0.15) is 23.4 Å². The summed E-state index contributed by atoms with van der Waals surface area (Å²) in [4.78, 5) is 18.2. The maximum Gasteiger partial charge on any atom is 0.226 e. The molecule has 168 valence electrons. The summed E-state index contributed by atoms with van der Waals surface area (Å²) in [6.07, 6.45) is 1.23. The molecule has 6 rings (SSSR count). The minimum atomic E-state index is -0.351. The average molecular weight is 449 g/mol. The maximum atomic E-state index is 13.6. The number of aromatic nitrogens is 3. The molecule has 34 heavy (non-hydrogen) atoms. The molecule has 2 atom stereocenters. The van der Waals surface area contributed by atoms with E-state index in [2.05, 4.69) is 27.5 Å². The lowest BCUT2D eigenvalue weighted by Crippen LogP contribution is -2.33. The summed E-state index contributed by atoms with van der Waals surface area (Å²) in [7, 11) is 0. The first-order chi connectivity index (χ1) is 16.7. The number of fused-ring (bicyclic) bond motifs is 1. The molecule has 6 heteroatoms. The zero-order valence-electron chi connectivity index (χ0n) is 18.8. The van der Waals surface area contributed by atoms with Gasteiger partial charge in [-0.2, -0.15) is 10.1 Å². The van der Waals surface area contributed by atoms with Crippen LogP contribution in [0.1, 0.15) is 41.8 Å². The van der Waals surface area contributed by atoms with Gasteiger partial charge in [0.2, 0.25) is 5.95 Å². The summed E-state index contributed by atoms with van der Waals surface area (Å²) in [5.41, 5.74) is 3.83. The van der Waals surface area contributed by atoms with Gasteiger partial charge in [-0.3, -0.25) is 4.79 Å². The van der Waals surface area contributed by atoms with Gasteiger partial charge in [-0.15, -0.1) is 0 Å². The number of para-hydroxylation sites is 1. The Hall–Kier alpha value is -4.19. The number of hydrogen-bond acceptors (Lipinski definition) is 5. The lowest BCUT2D eigenvalue weighted by molar-refractivity contribution is -0.116. The summed E-state index contributed by atoms with van der Waals surface area (Å²) in [6, 6.07) is 27.5. The highest BCUT2D eigenvalue weighted by molar-refractivity contribution is 6.00. The Bertz CT molecular complexity index is 1390. The molecule has 0 saturated heterocycles. The monoisotopic (exact) mass is 448 g/mol. The fourth-order valence-corrected chi connectivity index (χ4v) is 4.96. The summed E-state index contributed by atoms with van der Waals surface area (Å²) in [6.45, 7) is 1.87. The molecule has 4 aromatic rings. The number of rotatable bonds is 4. The standard InChI is InChI=1S/C28H24N4O2/c1-18-29-28-30-24-16-21(19-9-4-2-5-10-19)17-25(33)26(24)27(32(28)31-18)20-11-8-14-23(15-20)34-22-12-6-3-7-13-22/h2-15,21,27H,16-17H2,1H3,(H,29,30,31). The van der Waals surface area contributed by atoms with E-state index in [0.29, 0.717) is 23.9 Å². The summed E-state index contributed by atoms with van der Waals surface area (Å²) >= 11 is 0. The van der Waals surface area contributed by atoms with Gasteiger partial charge < -0.3 is 10.1 Å². The van der Waals surface area contributed by atoms with Crippen molar-refractivity contribution in [1.82, 2.24) is 14.8 Å². The number of ketones is 1. The van der Waals surface area contributed by atoms with E-state index in [-0.39, 0.29) is 17.7 Å². The lowest BCUT2D eigenvalue weighted by Gasteiger charge is -2.35. The third kappa shape index (κ3) is 3.67. The van der Waals surface area contributed by atoms with Crippen molar-refractivity contribution in [2.24, 2.45) is 0 Å². The van der Waals surface area contributed by atoms with Crippen molar-refractivity contribution in [2.45, 2.75) is 31.7 Å². The molecule has 0 saturated carbocycles. The SMILES string of the molecule is Cc1nc2n(n1)C(c1cccc(Oc3ccccc3)c1)C1=C(CC(c3ccccc3)CC1=O)N2. The molecular weight excluding hydrogens is 424 g/mol. The molecule has 0 bridgehead atoms. The van der Waals surface area contributed by atoms with Crippen LogP contribution >= 0.6 is 0 Å². The Balaban J connectivity index is 1.41. The Labute approximate surface area is 197 Å². The van der Waals surface area contributed by atoms with Crippen molar-refractivity contribution in [3.05, 3.63) is 113 Å². The van der Waals surface area contributed by atoms with Crippen LogP contribution in [0.4, 0.5) is 5.95 Å². The molecule has 1 N–H and O–H groups in total. The molecule has 0 fully saturated rings. The van der Waals surface area contributed by atoms with E-state index in [1.807, 2.05) is 84.4 Å². The van der Waals surface area contributed by atoms with Crippen LogP contribution in [-0.4, -0.2) is 20.5 Å². The summed E-state index contributed by atoms with van der Waals surface area (Å²) < 4.78 is 7.91. The number of Topliss-reactive ketones (excluding diaryl/α,β-unsaturated/α-hetero) is 1.